The maximum atomic E-state index is 11.8. The van der Waals surface area contributed by atoms with Gasteiger partial charge in [0.1, 0.15) is 11.1 Å². The molecule has 0 heterocycles. The van der Waals surface area contributed by atoms with Crippen molar-refractivity contribution in [1.29, 1.82) is 0 Å². The van der Waals surface area contributed by atoms with E-state index in [1.807, 2.05) is 30.3 Å². The lowest BCUT2D eigenvalue weighted by molar-refractivity contribution is -0.140. The molecule has 108 valence electrons. The molecule has 1 saturated carbocycles. The fourth-order valence-corrected chi connectivity index (χ4v) is 2.26. The lowest BCUT2D eigenvalue weighted by Gasteiger charge is -2.22. The molecule has 1 fully saturated rings. The van der Waals surface area contributed by atoms with Crippen LogP contribution < -0.4 is 5.32 Å². The summed E-state index contributed by atoms with van der Waals surface area (Å²) in [5.41, 5.74) is -0.990. The maximum Gasteiger partial charge on any atom is 0.408 e. The monoisotopic (exact) mass is 277 g/mol. The predicted octanol–water partition coefficient (Wildman–Crippen LogP) is 2.52. The van der Waals surface area contributed by atoms with E-state index in [9.17, 15) is 14.7 Å². The predicted molar refractivity (Wildman–Crippen MR) is 73.5 cm³/mol. The van der Waals surface area contributed by atoms with Gasteiger partial charge in [-0.15, -0.1) is 0 Å². The van der Waals surface area contributed by atoms with Crippen LogP contribution in [-0.4, -0.2) is 28.3 Å². The minimum absolute atomic E-state index is 0.214. The third-order valence-corrected chi connectivity index (χ3v) is 3.27. The van der Waals surface area contributed by atoms with Gasteiger partial charge >= 0.3 is 12.1 Å². The van der Waals surface area contributed by atoms with Crippen LogP contribution in [0.4, 0.5) is 4.79 Å². The summed E-state index contributed by atoms with van der Waals surface area (Å²) in [5, 5.41) is 11.9. The first-order chi connectivity index (χ1) is 9.24. The Morgan fingerprint density at radius 3 is 2.40 bits per heavy atom. The van der Waals surface area contributed by atoms with Crippen LogP contribution in [-0.2, 0) is 9.53 Å². The number of benzene rings is 1. The second-order valence-electron chi connectivity index (χ2n) is 6.07. The van der Waals surface area contributed by atoms with Gasteiger partial charge in [-0.3, -0.25) is 0 Å². The molecule has 0 aromatic heterocycles. The van der Waals surface area contributed by atoms with Crippen molar-refractivity contribution in [2.75, 3.05) is 0 Å². The summed E-state index contributed by atoms with van der Waals surface area (Å²) in [6.45, 7) is 5.21. The highest BCUT2D eigenvalue weighted by Crippen LogP contribution is 2.51. The Labute approximate surface area is 117 Å². The average Bonchev–Trinajstić information content (AvgIpc) is 3.03. The molecule has 1 aliphatic rings. The van der Waals surface area contributed by atoms with E-state index in [-0.39, 0.29) is 5.92 Å². The fraction of sp³-hybridized carbons (Fsp3) is 0.467. The first kappa shape index (κ1) is 14.4. The molecular weight excluding hydrogens is 258 g/mol. The van der Waals surface area contributed by atoms with Crippen LogP contribution in [0.2, 0.25) is 0 Å². The topological polar surface area (TPSA) is 75.6 Å². The van der Waals surface area contributed by atoms with E-state index in [0.717, 1.165) is 5.56 Å². The summed E-state index contributed by atoms with van der Waals surface area (Å²) >= 11 is 0. The molecule has 2 atom stereocenters. The van der Waals surface area contributed by atoms with Gasteiger partial charge in [0.15, 0.2) is 0 Å². The van der Waals surface area contributed by atoms with Gasteiger partial charge in [0.05, 0.1) is 0 Å². The third-order valence-electron chi connectivity index (χ3n) is 3.27. The van der Waals surface area contributed by atoms with Gasteiger partial charge in [0.2, 0.25) is 0 Å². The molecule has 2 rings (SSSR count). The molecule has 0 saturated heterocycles. The molecular formula is C15H19NO4. The zero-order valence-electron chi connectivity index (χ0n) is 11.8. The van der Waals surface area contributed by atoms with Crippen molar-refractivity contribution in [2.45, 2.75) is 44.2 Å². The number of ether oxygens (including phenoxy) is 1. The molecule has 0 spiro atoms. The lowest BCUT2D eigenvalue weighted by atomic mass is 10.1. The molecule has 5 heteroatoms. The number of carboxylic acid groups (broad SMARTS) is 1. The Morgan fingerprint density at radius 1 is 1.30 bits per heavy atom. The number of hydrogen-bond acceptors (Lipinski definition) is 3. The molecule has 5 nitrogen and oxygen atoms in total. The minimum Gasteiger partial charge on any atom is -0.479 e. The SMILES string of the molecule is CC(C)(C)OC(=O)N[C@]1(C(=O)O)C[C@H]1c1ccccc1. The van der Waals surface area contributed by atoms with Crippen molar-refractivity contribution in [3.05, 3.63) is 35.9 Å². The summed E-state index contributed by atoms with van der Waals surface area (Å²) < 4.78 is 5.13. The second-order valence-corrected chi connectivity index (χ2v) is 6.07. The number of aliphatic carboxylic acids is 1. The van der Waals surface area contributed by atoms with Gasteiger partial charge in [0.25, 0.3) is 0 Å². The summed E-state index contributed by atoms with van der Waals surface area (Å²) in [7, 11) is 0. The molecule has 1 aromatic carbocycles. The molecule has 1 aromatic rings. The smallest absolute Gasteiger partial charge is 0.408 e. The maximum absolute atomic E-state index is 11.8. The number of rotatable bonds is 3. The largest absolute Gasteiger partial charge is 0.479 e. The van der Waals surface area contributed by atoms with Crippen molar-refractivity contribution in [3.8, 4) is 0 Å². The van der Waals surface area contributed by atoms with Crippen LogP contribution in [0, 0.1) is 0 Å². The van der Waals surface area contributed by atoms with Crippen molar-refractivity contribution in [3.63, 3.8) is 0 Å². The Bertz CT molecular complexity index is 520. The highest BCUT2D eigenvalue weighted by atomic mass is 16.6. The summed E-state index contributed by atoms with van der Waals surface area (Å²) in [5.74, 6) is -1.24. The normalized spacial score (nSPS) is 24.9. The first-order valence-corrected chi connectivity index (χ1v) is 6.54. The Balaban J connectivity index is 2.11. The van der Waals surface area contributed by atoms with Crippen LogP contribution in [0.1, 0.15) is 38.7 Å². The van der Waals surface area contributed by atoms with Crippen molar-refractivity contribution in [1.82, 2.24) is 5.32 Å². The number of carboxylic acids is 1. The molecule has 0 radical (unpaired) electrons. The highest BCUT2D eigenvalue weighted by molar-refractivity contribution is 5.90. The van der Waals surface area contributed by atoms with Gasteiger partial charge < -0.3 is 15.2 Å². The zero-order chi connectivity index (χ0) is 15.0. The van der Waals surface area contributed by atoms with E-state index in [1.165, 1.54) is 0 Å². The van der Waals surface area contributed by atoms with Crippen LogP contribution in [0.5, 0.6) is 0 Å². The van der Waals surface area contributed by atoms with Gasteiger partial charge in [-0.2, -0.15) is 0 Å². The van der Waals surface area contributed by atoms with Crippen LogP contribution in [0.25, 0.3) is 0 Å². The van der Waals surface area contributed by atoms with Crippen molar-refractivity contribution >= 4 is 12.1 Å². The fourth-order valence-electron chi connectivity index (χ4n) is 2.26. The van der Waals surface area contributed by atoms with Crippen molar-refractivity contribution in [2.24, 2.45) is 0 Å². The zero-order valence-corrected chi connectivity index (χ0v) is 11.8. The number of amides is 1. The van der Waals surface area contributed by atoms with E-state index in [2.05, 4.69) is 5.32 Å². The average molecular weight is 277 g/mol. The molecule has 0 unspecified atom stereocenters. The highest BCUT2D eigenvalue weighted by Gasteiger charge is 2.62. The van der Waals surface area contributed by atoms with Gasteiger partial charge in [-0.25, -0.2) is 9.59 Å². The Hall–Kier alpha value is -2.04. The Kier molecular flexibility index (Phi) is 3.46. The van der Waals surface area contributed by atoms with Crippen LogP contribution >= 0.6 is 0 Å². The number of alkyl carbamates (subject to hydrolysis) is 1. The Morgan fingerprint density at radius 2 is 1.90 bits per heavy atom. The van der Waals surface area contributed by atoms with E-state index in [1.54, 1.807) is 20.8 Å². The number of hydrogen-bond donors (Lipinski definition) is 2. The summed E-state index contributed by atoms with van der Waals surface area (Å²) in [4.78, 5) is 23.3. The summed E-state index contributed by atoms with van der Waals surface area (Å²) in [6.07, 6.45) is -0.315. The van der Waals surface area contributed by atoms with E-state index < -0.39 is 23.2 Å². The quantitative estimate of drug-likeness (QED) is 0.890. The van der Waals surface area contributed by atoms with E-state index >= 15 is 0 Å². The lowest BCUT2D eigenvalue weighted by Crippen LogP contribution is -2.46. The van der Waals surface area contributed by atoms with Crippen LogP contribution in [0.15, 0.2) is 30.3 Å². The standard InChI is InChI=1S/C15H19NO4/c1-14(2,3)20-13(19)16-15(12(17)18)9-11(15)10-7-5-4-6-8-10/h4-8,11H,9H2,1-3H3,(H,16,19)(H,17,18)/t11-,15+/m0/s1. The van der Waals surface area contributed by atoms with Crippen molar-refractivity contribution < 1.29 is 19.4 Å². The summed E-state index contributed by atoms with van der Waals surface area (Å²) in [6, 6.07) is 9.31. The minimum atomic E-state index is -1.25. The number of carbonyl (C=O) groups is 2. The van der Waals surface area contributed by atoms with E-state index in [4.69, 9.17) is 4.74 Å². The van der Waals surface area contributed by atoms with E-state index in [0.29, 0.717) is 6.42 Å². The van der Waals surface area contributed by atoms with Gasteiger partial charge in [-0.1, -0.05) is 30.3 Å². The molecule has 2 N–H and O–H groups in total. The molecule has 1 amide bonds. The molecule has 0 aliphatic heterocycles. The first-order valence-electron chi connectivity index (χ1n) is 6.54. The second kappa shape index (κ2) is 4.81. The number of carbonyl (C=O) groups excluding carboxylic acids is 1. The molecule has 20 heavy (non-hydrogen) atoms. The molecule has 1 aliphatic carbocycles. The number of nitrogens with one attached hydrogen (secondary N) is 1. The van der Waals surface area contributed by atoms with Gasteiger partial charge in [-0.05, 0) is 32.8 Å². The molecule has 0 bridgehead atoms. The van der Waals surface area contributed by atoms with Crippen LogP contribution in [0.3, 0.4) is 0 Å². The third kappa shape index (κ3) is 2.92. The van der Waals surface area contributed by atoms with Gasteiger partial charge in [0, 0.05) is 5.92 Å².